The Balaban J connectivity index is 1.36. The van der Waals surface area contributed by atoms with Crippen LogP contribution in [0.2, 0.25) is 0 Å². The number of carbonyl (C=O) groups excluding carboxylic acids is 2. The fraction of sp³-hybridized carbons (Fsp3) is 0.130. The van der Waals surface area contributed by atoms with Gasteiger partial charge in [0.15, 0.2) is 4.34 Å². The monoisotopic (exact) mass is 493 g/mol. The Kier molecular flexibility index (Phi) is 7.45. The van der Waals surface area contributed by atoms with Crippen molar-refractivity contribution in [3.05, 3.63) is 99.5 Å². The number of ether oxygens (including phenoxy) is 1. The van der Waals surface area contributed by atoms with Crippen molar-refractivity contribution in [2.24, 2.45) is 0 Å². The van der Waals surface area contributed by atoms with E-state index in [1.807, 2.05) is 42.5 Å². The predicted octanol–water partition coefficient (Wildman–Crippen LogP) is 3.47. The van der Waals surface area contributed by atoms with E-state index in [4.69, 9.17) is 4.74 Å². The molecule has 2 aromatic carbocycles. The van der Waals surface area contributed by atoms with Crippen LogP contribution < -0.4 is 10.9 Å². The highest BCUT2D eigenvalue weighted by Crippen LogP contribution is 2.28. The zero-order valence-corrected chi connectivity index (χ0v) is 19.6. The molecule has 0 radical (unpaired) electrons. The number of esters is 1. The second-order valence-corrected chi connectivity index (χ2v) is 9.20. The highest BCUT2D eigenvalue weighted by molar-refractivity contribution is 8.00. The van der Waals surface area contributed by atoms with Crippen LogP contribution in [0.3, 0.4) is 0 Å². The van der Waals surface area contributed by atoms with Gasteiger partial charge in [-0.1, -0.05) is 65.6 Å². The average Bonchev–Trinajstić information content (AvgIpc) is 3.31. The number of nitrogens with one attached hydrogen (secondary N) is 1. The lowest BCUT2D eigenvalue weighted by molar-refractivity contribution is 0.0600. The normalized spacial score (nSPS) is 10.6. The van der Waals surface area contributed by atoms with E-state index in [2.05, 4.69) is 20.6 Å². The lowest BCUT2D eigenvalue weighted by Crippen LogP contribution is -2.26. The van der Waals surface area contributed by atoms with Gasteiger partial charge in [-0.25, -0.2) is 9.48 Å². The van der Waals surface area contributed by atoms with Crippen molar-refractivity contribution in [2.45, 2.75) is 16.6 Å². The number of thioether (sulfide) groups is 1. The molecule has 0 spiro atoms. The Bertz CT molecular complexity index is 1350. The van der Waals surface area contributed by atoms with Crippen molar-refractivity contribution < 1.29 is 14.3 Å². The van der Waals surface area contributed by atoms with Crippen molar-refractivity contribution in [1.82, 2.24) is 20.0 Å². The summed E-state index contributed by atoms with van der Waals surface area (Å²) in [5, 5.41) is 15.3. The standard InChI is InChI=1S/C23H19N5O4S2/c1-32-21(31)17-9-7-16(8-10-17)14-33-23-26-25-22(34-23)24-20(30)18-11-12-19(29)28(27-18)13-15-5-3-2-4-6-15/h2-12H,13-14H2,1H3,(H,24,25,30). The molecule has 0 saturated carbocycles. The number of aromatic nitrogens is 4. The first-order chi connectivity index (χ1) is 16.5. The zero-order chi connectivity index (χ0) is 23.9. The van der Waals surface area contributed by atoms with Gasteiger partial charge in [0, 0.05) is 11.8 Å². The molecular formula is C23H19N5O4S2. The number of methoxy groups -OCH3 is 1. The maximum Gasteiger partial charge on any atom is 0.337 e. The van der Waals surface area contributed by atoms with E-state index in [1.54, 1.807) is 12.1 Å². The number of amides is 1. The van der Waals surface area contributed by atoms with Gasteiger partial charge < -0.3 is 4.74 Å². The summed E-state index contributed by atoms with van der Waals surface area (Å²) >= 11 is 2.69. The number of rotatable bonds is 8. The molecule has 34 heavy (non-hydrogen) atoms. The summed E-state index contributed by atoms with van der Waals surface area (Å²) in [7, 11) is 1.34. The topological polar surface area (TPSA) is 116 Å². The molecule has 172 valence electrons. The van der Waals surface area contributed by atoms with E-state index < -0.39 is 5.91 Å². The molecule has 0 atom stereocenters. The minimum Gasteiger partial charge on any atom is -0.465 e. The van der Waals surface area contributed by atoms with Gasteiger partial charge in [-0.05, 0) is 29.3 Å². The number of hydrogen-bond acceptors (Lipinski definition) is 9. The smallest absolute Gasteiger partial charge is 0.337 e. The molecule has 11 heteroatoms. The van der Waals surface area contributed by atoms with Crippen molar-refractivity contribution in [1.29, 1.82) is 0 Å². The van der Waals surface area contributed by atoms with Crippen molar-refractivity contribution >= 4 is 40.1 Å². The molecule has 2 heterocycles. The molecule has 4 rings (SSSR count). The van der Waals surface area contributed by atoms with Crippen LogP contribution in [0, 0.1) is 0 Å². The summed E-state index contributed by atoms with van der Waals surface area (Å²) in [5.74, 6) is -0.239. The fourth-order valence-corrected chi connectivity index (χ4v) is 4.62. The highest BCUT2D eigenvalue weighted by Gasteiger charge is 2.14. The van der Waals surface area contributed by atoms with Crippen LogP contribution in [-0.4, -0.2) is 39.0 Å². The number of hydrogen-bond donors (Lipinski definition) is 1. The second-order valence-electron chi connectivity index (χ2n) is 7.00. The fourth-order valence-electron chi connectivity index (χ4n) is 2.92. The molecule has 0 bridgehead atoms. The minimum absolute atomic E-state index is 0.102. The van der Waals surface area contributed by atoms with Crippen LogP contribution in [0.5, 0.6) is 0 Å². The first kappa shape index (κ1) is 23.3. The Labute approximate surface area is 202 Å². The van der Waals surface area contributed by atoms with Gasteiger partial charge >= 0.3 is 5.97 Å². The number of carbonyl (C=O) groups is 2. The molecule has 0 aliphatic heterocycles. The molecule has 4 aromatic rings. The van der Waals surface area contributed by atoms with E-state index in [9.17, 15) is 14.4 Å². The van der Waals surface area contributed by atoms with Gasteiger partial charge in [0.05, 0.1) is 19.2 Å². The molecule has 0 aliphatic rings. The van der Waals surface area contributed by atoms with E-state index in [-0.39, 0.29) is 23.8 Å². The predicted molar refractivity (Wildman–Crippen MR) is 129 cm³/mol. The Morgan fingerprint density at radius 2 is 1.76 bits per heavy atom. The summed E-state index contributed by atoms with van der Waals surface area (Å²) in [6.45, 7) is 0.265. The Morgan fingerprint density at radius 3 is 2.50 bits per heavy atom. The maximum atomic E-state index is 12.6. The van der Waals surface area contributed by atoms with E-state index in [0.29, 0.717) is 20.8 Å². The number of nitrogens with zero attached hydrogens (tertiary/aromatic N) is 4. The van der Waals surface area contributed by atoms with Gasteiger partial charge in [0.25, 0.3) is 11.5 Å². The molecule has 9 nitrogen and oxygen atoms in total. The summed E-state index contributed by atoms with van der Waals surface area (Å²) < 4.78 is 6.62. The number of benzene rings is 2. The molecular weight excluding hydrogens is 474 g/mol. The lowest BCUT2D eigenvalue weighted by Gasteiger charge is -2.06. The van der Waals surface area contributed by atoms with Crippen LogP contribution in [0.4, 0.5) is 5.13 Å². The number of anilines is 1. The van der Waals surface area contributed by atoms with Crippen LogP contribution >= 0.6 is 23.1 Å². The van der Waals surface area contributed by atoms with Crippen molar-refractivity contribution in [3.8, 4) is 0 Å². The molecule has 1 amide bonds. The summed E-state index contributed by atoms with van der Waals surface area (Å²) in [4.78, 5) is 36.3. The summed E-state index contributed by atoms with van der Waals surface area (Å²) in [5.41, 5.74) is 2.20. The van der Waals surface area contributed by atoms with Gasteiger partial charge in [0.1, 0.15) is 5.69 Å². The SMILES string of the molecule is COC(=O)c1ccc(CSc2nnc(NC(=O)c3ccc(=O)n(Cc4ccccc4)n3)s2)cc1. The molecule has 0 aliphatic carbocycles. The minimum atomic E-state index is -0.479. The van der Waals surface area contributed by atoms with Crippen LogP contribution in [-0.2, 0) is 17.0 Å². The highest BCUT2D eigenvalue weighted by atomic mass is 32.2. The third-order valence-electron chi connectivity index (χ3n) is 4.64. The van der Waals surface area contributed by atoms with Gasteiger partial charge in [-0.2, -0.15) is 5.10 Å². The second kappa shape index (κ2) is 10.9. The van der Waals surface area contributed by atoms with Crippen LogP contribution in [0.15, 0.2) is 75.9 Å². The Hall–Kier alpha value is -3.83. The van der Waals surface area contributed by atoms with E-state index in [0.717, 1.165) is 11.1 Å². The molecule has 1 N–H and O–H groups in total. The molecule has 0 fully saturated rings. The van der Waals surface area contributed by atoms with Crippen molar-refractivity contribution in [2.75, 3.05) is 12.4 Å². The van der Waals surface area contributed by atoms with E-state index >= 15 is 0 Å². The van der Waals surface area contributed by atoms with Crippen LogP contribution in [0.1, 0.15) is 32.0 Å². The average molecular weight is 494 g/mol. The van der Waals surface area contributed by atoms with E-state index in [1.165, 1.54) is 47.0 Å². The Morgan fingerprint density at radius 1 is 1.00 bits per heavy atom. The largest absolute Gasteiger partial charge is 0.465 e. The van der Waals surface area contributed by atoms with Gasteiger partial charge in [0.2, 0.25) is 5.13 Å². The van der Waals surface area contributed by atoms with Gasteiger partial charge in [-0.3, -0.25) is 14.9 Å². The zero-order valence-electron chi connectivity index (χ0n) is 18.0. The van der Waals surface area contributed by atoms with Crippen LogP contribution in [0.25, 0.3) is 0 Å². The third kappa shape index (κ3) is 5.94. The van der Waals surface area contributed by atoms with Gasteiger partial charge in [-0.15, -0.1) is 10.2 Å². The molecule has 2 aromatic heterocycles. The summed E-state index contributed by atoms with van der Waals surface area (Å²) in [6.07, 6.45) is 0. The maximum absolute atomic E-state index is 12.6. The molecule has 0 saturated heterocycles. The quantitative estimate of drug-likeness (QED) is 0.225. The first-order valence-electron chi connectivity index (χ1n) is 10.1. The summed E-state index contributed by atoms with van der Waals surface area (Å²) in [6, 6.07) is 19.2. The third-order valence-corrected chi connectivity index (χ3v) is 6.68. The van der Waals surface area contributed by atoms with Crippen molar-refractivity contribution in [3.63, 3.8) is 0 Å². The first-order valence-corrected chi connectivity index (χ1v) is 11.9. The lowest BCUT2D eigenvalue weighted by atomic mass is 10.1. The molecule has 0 unspecified atom stereocenters.